The lowest BCUT2D eigenvalue weighted by atomic mass is 10.0. The first kappa shape index (κ1) is 15.4. The molecule has 1 amide bonds. The van der Waals surface area contributed by atoms with Gasteiger partial charge in [-0.05, 0) is 24.3 Å². The van der Waals surface area contributed by atoms with Gasteiger partial charge in [0.05, 0.1) is 19.8 Å². The molecule has 1 fully saturated rings. The Kier molecular flexibility index (Phi) is 6.46. The molecule has 1 aromatic heterocycles. The fraction of sp³-hybridized carbons (Fsp3) is 0.643. The second kappa shape index (κ2) is 8.36. The van der Waals surface area contributed by atoms with E-state index in [4.69, 9.17) is 9.84 Å². The molecule has 0 atom stereocenters. The Balaban J connectivity index is 1.63. The lowest BCUT2D eigenvalue weighted by Gasteiger charge is -2.32. The lowest BCUT2D eigenvalue weighted by molar-refractivity contribution is 0.0657. The number of aliphatic hydroxyl groups is 1. The van der Waals surface area contributed by atoms with Crippen molar-refractivity contribution in [3.63, 3.8) is 0 Å². The number of aliphatic hydroxyl groups excluding tert-OH is 1. The number of ether oxygens (including phenoxy) is 1. The maximum atomic E-state index is 11.9. The molecule has 2 N–H and O–H groups in total. The Labute approximate surface area is 123 Å². The minimum Gasteiger partial charge on any atom is -0.394 e. The molecule has 20 heavy (non-hydrogen) atoms. The standard InChI is InChI=1S/C14H22N2O3S/c17-7-9-19-8-6-16-4-1-13(2-5-16)15-14(18)12-3-10-20-11-12/h3,10-11,13,17H,1-2,4-9H2,(H,15,18). The van der Waals surface area contributed by atoms with Crippen LogP contribution in [0.15, 0.2) is 16.8 Å². The molecule has 0 radical (unpaired) electrons. The smallest absolute Gasteiger partial charge is 0.252 e. The van der Waals surface area contributed by atoms with Gasteiger partial charge in [-0.25, -0.2) is 0 Å². The number of hydrogen-bond donors (Lipinski definition) is 2. The van der Waals surface area contributed by atoms with Crippen LogP contribution in [0.3, 0.4) is 0 Å². The molecule has 112 valence electrons. The van der Waals surface area contributed by atoms with Gasteiger partial charge >= 0.3 is 0 Å². The van der Waals surface area contributed by atoms with Crippen LogP contribution in [0.25, 0.3) is 0 Å². The molecule has 0 saturated carbocycles. The molecular formula is C14H22N2O3S. The Bertz CT molecular complexity index is 389. The van der Waals surface area contributed by atoms with E-state index in [1.165, 1.54) is 0 Å². The zero-order valence-electron chi connectivity index (χ0n) is 11.6. The lowest BCUT2D eigenvalue weighted by Crippen LogP contribution is -2.45. The number of likely N-dealkylation sites (tertiary alicyclic amines) is 1. The Morgan fingerprint density at radius 1 is 1.45 bits per heavy atom. The topological polar surface area (TPSA) is 61.8 Å². The van der Waals surface area contributed by atoms with Crippen molar-refractivity contribution < 1.29 is 14.6 Å². The Morgan fingerprint density at radius 3 is 2.90 bits per heavy atom. The molecule has 6 heteroatoms. The van der Waals surface area contributed by atoms with E-state index >= 15 is 0 Å². The summed E-state index contributed by atoms with van der Waals surface area (Å²) in [6.45, 7) is 4.01. The molecule has 1 aromatic rings. The van der Waals surface area contributed by atoms with E-state index in [-0.39, 0.29) is 18.6 Å². The number of nitrogens with one attached hydrogen (secondary N) is 1. The summed E-state index contributed by atoms with van der Waals surface area (Å²) in [5.41, 5.74) is 0.759. The molecule has 1 aliphatic heterocycles. The van der Waals surface area contributed by atoms with Gasteiger partial charge in [0.25, 0.3) is 5.91 Å². The van der Waals surface area contributed by atoms with Crippen LogP contribution < -0.4 is 5.32 Å². The van der Waals surface area contributed by atoms with Gasteiger partial charge in [-0.15, -0.1) is 0 Å². The van der Waals surface area contributed by atoms with E-state index in [1.807, 2.05) is 16.8 Å². The van der Waals surface area contributed by atoms with Crippen molar-refractivity contribution in [3.05, 3.63) is 22.4 Å². The first-order valence-electron chi connectivity index (χ1n) is 7.03. The Morgan fingerprint density at radius 2 is 2.25 bits per heavy atom. The zero-order chi connectivity index (χ0) is 14.2. The summed E-state index contributed by atoms with van der Waals surface area (Å²) < 4.78 is 5.27. The maximum Gasteiger partial charge on any atom is 0.252 e. The molecule has 0 unspecified atom stereocenters. The third kappa shape index (κ3) is 4.86. The quantitative estimate of drug-likeness (QED) is 0.736. The van der Waals surface area contributed by atoms with Gasteiger partial charge in [-0.3, -0.25) is 4.79 Å². The van der Waals surface area contributed by atoms with E-state index in [2.05, 4.69) is 10.2 Å². The van der Waals surface area contributed by atoms with Crippen molar-refractivity contribution in [1.29, 1.82) is 0 Å². The maximum absolute atomic E-state index is 11.9. The minimum absolute atomic E-state index is 0.0379. The largest absolute Gasteiger partial charge is 0.394 e. The molecule has 2 rings (SSSR count). The molecule has 0 bridgehead atoms. The summed E-state index contributed by atoms with van der Waals surface area (Å²) in [6, 6.07) is 2.13. The van der Waals surface area contributed by atoms with E-state index in [1.54, 1.807) is 11.3 Å². The summed E-state index contributed by atoms with van der Waals surface area (Å²) >= 11 is 1.54. The van der Waals surface area contributed by atoms with Gasteiger partial charge < -0.3 is 20.1 Å². The van der Waals surface area contributed by atoms with Crippen molar-refractivity contribution in [2.45, 2.75) is 18.9 Å². The molecule has 0 aromatic carbocycles. The minimum atomic E-state index is 0.0379. The summed E-state index contributed by atoms with van der Waals surface area (Å²) in [6.07, 6.45) is 1.96. The van der Waals surface area contributed by atoms with Crippen LogP contribution in [0.4, 0.5) is 0 Å². The number of nitrogens with zero attached hydrogens (tertiary/aromatic N) is 1. The third-order valence-corrected chi connectivity index (χ3v) is 4.18. The number of carbonyl (C=O) groups is 1. The molecular weight excluding hydrogens is 276 g/mol. The van der Waals surface area contributed by atoms with Crippen molar-refractivity contribution in [2.75, 3.05) is 39.5 Å². The average Bonchev–Trinajstić information content (AvgIpc) is 3.00. The summed E-state index contributed by atoms with van der Waals surface area (Å²) in [5, 5.41) is 15.5. The van der Waals surface area contributed by atoms with Gasteiger partial charge in [-0.2, -0.15) is 11.3 Å². The average molecular weight is 298 g/mol. The zero-order valence-corrected chi connectivity index (χ0v) is 12.4. The van der Waals surface area contributed by atoms with Crippen LogP contribution in [0.1, 0.15) is 23.2 Å². The number of piperidine rings is 1. The van der Waals surface area contributed by atoms with Crippen LogP contribution in [-0.2, 0) is 4.74 Å². The van der Waals surface area contributed by atoms with Gasteiger partial charge in [0, 0.05) is 36.6 Å². The SMILES string of the molecule is O=C(NC1CCN(CCOCCO)CC1)c1ccsc1. The summed E-state index contributed by atoms with van der Waals surface area (Å²) in [5.74, 6) is 0.0379. The van der Waals surface area contributed by atoms with Crippen LogP contribution in [0, 0.1) is 0 Å². The number of carbonyl (C=O) groups excluding carboxylic acids is 1. The summed E-state index contributed by atoms with van der Waals surface area (Å²) in [7, 11) is 0. The number of thiophene rings is 1. The van der Waals surface area contributed by atoms with Crippen LogP contribution >= 0.6 is 11.3 Å². The highest BCUT2D eigenvalue weighted by Crippen LogP contribution is 2.12. The van der Waals surface area contributed by atoms with E-state index in [0.29, 0.717) is 13.2 Å². The molecule has 5 nitrogen and oxygen atoms in total. The van der Waals surface area contributed by atoms with E-state index < -0.39 is 0 Å². The number of rotatable bonds is 7. The van der Waals surface area contributed by atoms with Crippen LogP contribution in [0.5, 0.6) is 0 Å². The van der Waals surface area contributed by atoms with E-state index in [0.717, 1.165) is 38.0 Å². The monoisotopic (exact) mass is 298 g/mol. The number of hydrogen-bond acceptors (Lipinski definition) is 5. The Hall–Kier alpha value is -0.950. The van der Waals surface area contributed by atoms with Crippen molar-refractivity contribution in [2.24, 2.45) is 0 Å². The predicted octanol–water partition coefficient (Wildman–Crippen LogP) is 0.951. The molecule has 2 heterocycles. The second-order valence-corrected chi connectivity index (χ2v) is 5.72. The van der Waals surface area contributed by atoms with Gasteiger partial charge in [-0.1, -0.05) is 0 Å². The third-order valence-electron chi connectivity index (χ3n) is 3.49. The molecule has 1 saturated heterocycles. The highest BCUT2D eigenvalue weighted by atomic mass is 32.1. The molecule has 1 aliphatic rings. The summed E-state index contributed by atoms with van der Waals surface area (Å²) in [4.78, 5) is 14.3. The van der Waals surface area contributed by atoms with E-state index in [9.17, 15) is 4.79 Å². The first-order valence-corrected chi connectivity index (χ1v) is 7.98. The van der Waals surface area contributed by atoms with Gasteiger partial charge in [0.15, 0.2) is 0 Å². The van der Waals surface area contributed by atoms with Crippen molar-refractivity contribution in [3.8, 4) is 0 Å². The van der Waals surface area contributed by atoms with Gasteiger partial charge in [0.2, 0.25) is 0 Å². The van der Waals surface area contributed by atoms with Crippen molar-refractivity contribution in [1.82, 2.24) is 10.2 Å². The van der Waals surface area contributed by atoms with Crippen molar-refractivity contribution >= 4 is 17.2 Å². The molecule has 0 aliphatic carbocycles. The van der Waals surface area contributed by atoms with Crippen LogP contribution in [0.2, 0.25) is 0 Å². The normalized spacial score (nSPS) is 17.2. The highest BCUT2D eigenvalue weighted by Gasteiger charge is 2.20. The highest BCUT2D eigenvalue weighted by molar-refractivity contribution is 7.08. The van der Waals surface area contributed by atoms with Crippen LogP contribution in [-0.4, -0.2) is 61.4 Å². The van der Waals surface area contributed by atoms with Gasteiger partial charge in [0.1, 0.15) is 0 Å². The second-order valence-electron chi connectivity index (χ2n) is 4.94. The first-order chi connectivity index (χ1) is 9.79. The fourth-order valence-corrected chi connectivity index (χ4v) is 2.96. The fourth-order valence-electron chi connectivity index (χ4n) is 2.32. The molecule has 0 spiro atoms. The predicted molar refractivity (Wildman–Crippen MR) is 79.2 cm³/mol. The number of amides is 1.